The molecule has 0 aliphatic heterocycles. The second kappa shape index (κ2) is 7.73. The topological polar surface area (TPSA) is 74.4 Å². The maximum Gasteiger partial charge on any atom is 0.260 e. The number of nitrogens with zero attached hydrogens (tertiary/aromatic N) is 2. The highest BCUT2D eigenvalue weighted by molar-refractivity contribution is 6.30. The van der Waals surface area contributed by atoms with Crippen molar-refractivity contribution in [1.29, 1.82) is 0 Å². The van der Waals surface area contributed by atoms with Crippen molar-refractivity contribution in [2.75, 3.05) is 0 Å². The van der Waals surface area contributed by atoms with Crippen molar-refractivity contribution < 1.29 is 0 Å². The summed E-state index contributed by atoms with van der Waals surface area (Å²) in [5.41, 5.74) is 6.46. The first-order chi connectivity index (χ1) is 16.2. The lowest BCUT2D eigenvalue weighted by Crippen LogP contribution is -2.09. The minimum Gasteiger partial charge on any atom is -0.354 e. The van der Waals surface area contributed by atoms with Gasteiger partial charge in [-0.05, 0) is 29.8 Å². The van der Waals surface area contributed by atoms with Crippen LogP contribution in [0.5, 0.6) is 0 Å². The predicted molar refractivity (Wildman–Crippen MR) is 133 cm³/mol. The van der Waals surface area contributed by atoms with Gasteiger partial charge >= 0.3 is 0 Å². The van der Waals surface area contributed by atoms with E-state index in [1.807, 2.05) is 66.7 Å². The van der Waals surface area contributed by atoms with E-state index in [0.29, 0.717) is 16.1 Å². The summed E-state index contributed by atoms with van der Waals surface area (Å²) in [4.78, 5) is 28.4. The van der Waals surface area contributed by atoms with Crippen LogP contribution in [0.1, 0.15) is 0 Å². The quantitative estimate of drug-likeness (QED) is 0.326. The molecule has 0 unspecified atom stereocenters. The van der Waals surface area contributed by atoms with Crippen LogP contribution in [-0.2, 0) is 0 Å². The number of fused-ring (bicyclic) bond motifs is 2. The summed E-state index contributed by atoms with van der Waals surface area (Å²) in [5, 5.41) is 2.13. The number of aromatic nitrogens is 4. The third kappa shape index (κ3) is 3.30. The smallest absolute Gasteiger partial charge is 0.260 e. The molecule has 6 heteroatoms. The van der Waals surface area contributed by atoms with Crippen LogP contribution in [0.25, 0.3) is 55.6 Å². The second-order valence-electron chi connectivity index (χ2n) is 7.78. The Balaban J connectivity index is 1.75. The summed E-state index contributed by atoms with van der Waals surface area (Å²) >= 11 is 6.10. The molecule has 0 saturated heterocycles. The van der Waals surface area contributed by atoms with E-state index >= 15 is 0 Å². The van der Waals surface area contributed by atoms with Crippen LogP contribution in [0.15, 0.2) is 96.1 Å². The molecule has 0 fully saturated rings. The van der Waals surface area contributed by atoms with Crippen LogP contribution in [0.4, 0.5) is 0 Å². The molecule has 6 aromatic rings. The van der Waals surface area contributed by atoms with E-state index in [9.17, 15) is 4.79 Å². The molecule has 0 bridgehead atoms. The highest BCUT2D eigenvalue weighted by Crippen LogP contribution is 2.41. The van der Waals surface area contributed by atoms with E-state index in [4.69, 9.17) is 16.6 Å². The van der Waals surface area contributed by atoms with Crippen molar-refractivity contribution in [2.45, 2.75) is 0 Å². The van der Waals surface area contributed by atoms with Crippen molar-refractivity contribution in [1.82, 2.24) is 19.9 Å². The molecule has 33 heavy (non-hydrogen) atoms. The Morgan fingerprint density at radius 3 is 2.39 bits per heavy atom. The highest BCUT2D eigenvalue weighted by atomic mass is 35.5. The lowest BCUT2D eigenvalue weighted by molar-refractivity contribution is 1.14. The van der Waals surface area contributed by atoms with Gasteiger partial charge < -0.3 is 9.97 Å². The number of aromatic amines is 2. The molecule has 5 nitrogen and oxygen atoms in total. The lowest BCUT2D eigenvalue weighted by atomic mass is 9.95. The predicted octanol–water partition coefficient (Wildman–Crippen LogP) is 6.45. The van der Waals surface area contributed by atoms with Gasteiger partial charge in [0.05, 0.1) is 23.1 Å². The Hall–Kier alpha value is -4.22. The summed E-state index contributed by atoms with van der Waals surface area (Å²) in [6.07, 6.45) is 1.39. The van der Waals surface area contributed by atoms with Gasteiger partial charge in [-0.2, -0.15) is 0 Å². The minimum absolute atomic E-state index is 0.227. The van der Waals surface area contributed by atoms with Crippen LogP contribution < -0.4 is 5.56 Å². The maximum atomic E-state index is 13.0. The Kier molecular flexibility index (Phi) is 4.56. The Labute approximate surface area is 193 Å². The van der Waals surface area contributed by atoms with E-state index in [0.717, 1.165) is 44.5 Å². The maximum absolute atomic E-state index is 13.0. The normalized spacial score (nSPS) is 11.3. The summed E-state index contributed by atoms with van der Waals surface area (Å²) in [5.74, 6) is 0. The van der Waals surface area contributed by atoms with Crippen molar-refractivity contribution in [3.63, 3.8) is 0 Å². The Morgan fingerprint density at radius 2 is 1.58 bits per heavy atom. The van der Waals surface area contributed by atoms with E-state index in [1.54, 1.807) is 0 Å². The fourth-order valence-corrected chi connectivity index (χ4v) is 4.41. The van der Waals surface area contributed by atoms with Crippen molar-refractivity contribution in [2.24, 2.45) is 0 Å². The number of hydrogen-bond acceptors (Lipinski definition) is 3. The number of pyridine rings is 1. The standard InChI is InChI=1S/C27H17ClN4O/c28-18-12-10-16(11-13-18)22-14-20(24-26(32-22)29-15-30-27(24)33)23-19-8-4-5-9-21(19)31-25(23)17-6-2-1-3-7-17/h1-15,31H,(H,29,30,32,33). The number of halogens is 1. The van der Waals surface area contributed by atoms with Crippen LogP contribution in [-0.4, -0.2) is 19.9 Å². The van der Waals surface area contributed by atoms with Crippen molar-refractivity contribution in [3.05, 3.63) is 107 Å². The number of benzene rings is 3. The molecule has 3 heterocycles. The van der Waals surface area contributed by atoms with Gasteiger partial charge in [-0.25, -0.2) is 9.97 Å². The monoisotopic (exact) mass is 448 g/mol. The first kappa shape index (κ1) is 19.5. The average Bonchev–Trinajstić information content (AvgIpc) is 3.24. The molecule has 158 valence electrons. The van der Waals surface area contributed by atoms with Gasteiger partial charge in [-0.15, -0.1) is 0 Å². The van der Waals surface area contributed by atoms with Gasteiger partial charge in [0.25, 0.3) is 5.56 Å². The first-order valence-electron chi connectivity index (χ1n) is 10.5. The summed E-state index contributed by atoms with van der Waals surface area (Å²) in [6, 6.07) is 27.7. The molecule has 0 atom stereocenters. The number of para-hydroxylation sites is 1. The largest absolute Gasteiger partial charge is 0.354 e. The molecular weight excluding hydrogens is 432 g/mol. The van der Waals surface area contributed by atoms with Gasteiger partial charge in [0.2, 0.25) is 0 Å². The van der Waals surface area contributed by atoms with Gasteiger partial charge in [0.15, 0.2) is 5.65 Å². The van der Waals surface area contributed by atoms with Gasteiger partial charge in [-0.1, -0.05) is 72.3 Å². The molecule has 0 aliphatic rings. The third-order valence-electron chi connectivity index (χ3n) is 5.79. The van der Waals surface area contributed by atoms with E-state index < -0.39 is 0 Å². The lowest BCUT2D eigenvalue weighted by Gasteiger charge is -2.11. The first-order valence-corrected chi connectivity index (χ1v) is 10.9. The van der Waals surface area contributed by atoms with Crippen LogP contribution >= 0.6 is 11.6 Å². The molecule has 3 aromatic heterocycles. The van der Waals surface area contributed by atoms with Gasteiger partial charge in [-0.3, -0.25) is 4.79 Å². The Bertz CT molecular complexity index is 1690. The zero-order valence-corrected chi connectivity index (χ0v) is 18.1. The SMILES string of the molecule is O=c1[nH]cnc2nc(-c3ccc(Cl)cc3)cc(-c3c(-c4ccccc4)[nH]c4ccccc34)c12. The van der Waals surface area contributed by atoms with Crippen molar-refractivity contribution >= 4 is 33.5 Å². The minimum atomic E-state index is -0.227. The van der Waals surface area contributed by atoms with Crippen LogP contribution in [0, 0.1) is 0 Å². The Morgan fingerprint density at radius 1 is 0.818 bits per heavy atom. The van der Waals surface area contributed by atoms with E-state index in [-0.39, 0.29) is 5.56 Å². The second-order valence-corrected chi connectivity index (χ2v) is 8.22. The number of hydrogen-bond donors (Lipinski definition) is 2. The zero-order chi connectivity index (χ0) is 22.4. The van der Waals surface area contributed by atoms with Gasteiger partial charge in [0, 0.05) is 32.6 Å². The molecule has 0 saturated carbocycles. The summed E-state index contributed by atoms with van der Waals surface area (Å²) < 4.78 is 0. The van der Waals surface area contributed by atoms with Crippen LogP contribution in [0.2, 0.25) is 5.02 Å². The zero-order valence-electron chi connectivity index (χ0n) is 17.3. The molecule has 6 rings (SSSR count). The molecule has 0 aliphatic carbocycles. The highest BCUT2D eigenvalue weighted by Gasteiger charge is 2.20. The molecular formula is C27H17ClN4O. The number of nitrogens with one attached hydrogen (secondary N) is 2. The van der Waals surface area contributed by atoms with Crippen LogP contribution in [0.3, 0.4) is 0 Å². The number of H-pyrrole nitrogens is 2. The molecule has 0 radical (unpaired) electrons. The van der Waals surface area contributed by atoms with E-state index in [2.05, 4.69) is 33.2 Å². The average molecular weight is 449 g/mol. The molecule has 0 spiro atoms. The van der Waals surface area contributed by atoms with Crippen molar-refractivity contribution in [3.8, 4) is 33.6 Å². The number of rotatable bonds is 3. The summed E-state index contributed by atoms with van der Waals surface area (Å²) in [6.45, 7) is 0. The molecule has 2 N–H and O–H groups in total. The molecule has 3 aromatic carbocycles. The van der Waals surface area contributed by atoms with E-state index in [1.165, 1.54) is 6.33 Å². The third-order valence-corrected chi connectivity index (χ3v) is 6.04. The summed E-state index contributed by atoms with van der Waals surface area (Å²) in [7, 11) is 0. The fraction of sp³-hybridized carbons (Fsp3) is 0. The van der Waals surface area contributed by atoms with Gasteiger partial charge in [0.1, 0.15) is 0 Å². The molecule has 0 amide bonds. The fourth-order valence-electron chi connectivity index (χ4n) is 4.28.